The van der Waals surface area contributed by atoms with E-state index >= 15 is 0 Å². The van der Waals surface area contributed by atoms with Gasteiger partial charge in [0.05, 0.1) is 0 Å². The van der Waals surface area contributed by atoms with Crippen molar-refractivity contribution >= 4 is 5.69 Å². The standard InChI is InChI=1S/C24H38N/c1-9-23(10-2)14-21(5,6)18-16(23)13-17-19(20(18)25)22(7,8)15-24(17,11-3)12-4/h13,25H,9-12,14-15H2,1-8H3/q-1. The number of benzene rings is 1. The highest BCUT2D eigenvalue weighted by atomic mass is 14.7. The third-order valence-electron chi connectivity index (χ3n) is 8.09. The first-order valence-corrected chi connectivity index (χ1v) is 10.5. The predicted molar refractivity (Wildman–Crippen MR) is 110 cm³/mol. The van der Waals surface area contributed by atoms with Crippen molar-refractivity contribution in [1.82, 2.24) is 0 Å². The summed E-state index contributed by atoms with van der Waals surface area (Å²) in [6, 6.07) is 2.59. The minimum Gasteiger partial charge on any atom is -0.698 e. The summed E-state index contributed by atoms with van der Waals surface area (Å²) in [5.41, 5.74) is 16.7. The van der Waals surface area contributed by atoms with Crippen LogP contribution in [0.5, 0.6) is 0 Å². The molecule has 0 spiro atoms. The van der Waals surface area contributed by atoms with Gasteiger partial charge in [-0.25, -0.2) is 0 Å². The Hall–Kier alpha value is -0.980. The summed E-state index contributed by atoms with van der Waals surface area (Å²) < 4.78 is 0. The molecule has 0 amide bonds. The molecule has 0 fully saturated rings. The molecule has 25 heavy (non-hydrogen) atoms. The van der Waals surface area contributed by atoms with Crippen molar-refractivity contribution in [2.24, 2.45) is 0 Å². The molecule has 1 nitrogen and oxygen atoms in total. The van der Waals surface area contributed by atoms with Gasteiger partial charge in [-0.05, 0) is 71.3 Å². The topological polar surface area (TPSA) is 23.8 Å². The van der Waals surface area contributed by atoms with E-state index in [1.54, 1.807) is 0 Å². The lowest BCUT2D eigenvalue weighted by Crippen LogP contribution is -2.25. The minimum absolute atomic E-state index is 0.118. The van der Waals surface area contributed by atoms with E-state index in [2.05, 4.69) is 61.5 Å². The fourth-order valence-corrected chi connectivity index (χ4v) is 6.75. The Bertz CT molecular complexity index is 628. The summed E-state index contributed by atoms with van der Waals surface area (Å²) in [7, 11) is 0. The molecule has 0 bridgehead atoms. The van der Waals surface area contributed by atoms with Crippen molar-refractivity contribution in [1.29, 1.82) is 0 Å². The van der Waals surface area contributed by atoms with Crippen molar-refractivity contribution in [2.75, 3.05) is 0 Å². The summed E-state index contributed by atoms with van der Waals surface area (Å²) in [6.07, 6.45) is 7.14. The van der Waals surface area contributed by atoms with Crippen LogP contribution in [-0.2, 0) is 21.7 Å². The Labute approximate surface area is 155 Å². The molecule has 1 aromatic rings. The maximum atomic E-state index is 9.27. The molecule has 1 heteroatoms. The molecule has 0 radical (unpaired) electrons. The molecule has 2 aliphatic rings. The highest BCUT2D eigenvalue weighted by molar-refractivity contribution is 5.73. The van der Waals surface area contributed by atoms with Gasteiger partial charge < -0.3 is 5.73 Å². The lowest BCUT2D eigenvalue weighted by Gasteiger charge is -2.33. The van der Waals surface area contributed by atoms with Crippen molar-refractivity contribution in [3.05, 3.63) is 34.1 Å². The Kier molecular flexibility index (Phi) is 4.14. The Morgan fingerprint density at radius 2 is 1.04 bits per heavy atom. The Morgan fingerprint density at radius 3 is 1.32 bits per heavy atom. The second kappa shape index (κ2) is 5.51. The number of nitrogens with one attached hydrogen (secondary N) is 1. The SMILES string of the molecule is CCC1(CC)CC(C)(C)c2c1cc1c(c2[NH-])C(C)(C)CC1(CC)CC. The van der Waals surface area contributed by atoms with Crippen molar-refractivity contribution in [3.63, 3.8) is 0 Å². The first kappa shape index (κ1) is 18.8. The number of hydrogen-bond acceptors (Lipinski definition) is 0. The molecule has 0 aliphatic heterocycles. The van der Waals surface area contributed by atoms with E-state index in [9.17, 15) is 5.73 Å². The van der Waals surface area contributed by atoms with E-state index in [0.717, 1.165) is 5.69 Å². The zero-order valence-corrected chi connectivity index (χ0v) is 17.8. The van der Waals surface area contributed by atoms with Crippen molar-refractivity contribution in [2.45, 2.75) is 116 Å². The lowest BCUT2D eigenvalue weighted by atomic mass is 9.72. The average molecular weight is 341 g/mol. The van der Waals surface area contributed by atoms with Gasteiger partial charge in [-0.2, -0.15) is 0 Å². The normalized spacial score (nSPS) is 24.2. The average Bonchev–Trinajstić information content (AvgIpc) is 2.94. The van der Waals surface area contributed by atoms with Gasteiger partial charge in [-0.1, -0.05) is 72.6 Å². The number of fused-ring (bicyclic) bond motifs is 2. The molecular weight excluding hydrogens is 302 g/mol. The number of rotatable bonds is 4. The first-order chi connectivity index (χ1) is 11.5. The summed E-state index contributed by atoms with van der Waals surface area (Å²) in [5.74, 6) is 0. The van der Waals surface area contributed by atoms with Crippen LogP contribution in [-0.4, -0.2) is 0 Å². The van der Waals surface area contributed by atoms with E-state index in [0.29, 0.717) is 0 Å². The van der Waals surface area contributed by atoms with Gasteiger partial charge >= 0.3 is 0 Å². The van der Waals surface area contributed by atoms with Crippen LogP contribution in [0.25, 0.3) is 5.73 Å². The fraction of sp³-hybridized carbons (Fsp3) is 0.750. The maximum absolute atomic E-state index is 9.27. The minimum atomic E-state index is 0.118. The van der Waals surface area contributed by atoms with E-state index in [-0.39, 0.29) is 21.7 Å². The second-order valence-corrected chi connectivity index (χ2v) is 10.2. The molecule has 0 saturated heterocycles. The highest BCUT2D eigenvalue weighted by Gasteiger charge is 2.51. The van der Waals surface area contributed by atoms with Crippen LogP contribution in [0.1, 0.15) is 116 Å². The molecule has 140 valence electrons. The summed E-state index contributed by atoms with van der Waals surface area (Å²) >= 11 is 0. The molecule has 1 N–H and O–H groups in total. The molecule has 0 heterocycles. The van der Waals surface area contributed by atoms with Gasteiger partial charge in [0.1, 0.15) is 0 Å². The zero-order valence-electron chi connectivity index (χ0n) is 17.8. The van der Waals surface area contributed by atoms with Gasteiger partial charge in [0.2, 0.25) is 0 Å². The van der Waals surface area contributed by atoms with Crippen molar-refractivity contribution < 1.29 is 0 Å². The molecule has 0 unspecified atom stereocenters. The van der Waals surface area contributed by atoms with Crippen LogP contribution in [0.4, 0.5) is 5.69 Å². The zero-order chi connectivity index (χ0) is 18.8. The van der Waals surface area contributed by atoms with E-state index in [1.165, 1.54) is 60.8 Å². The first-order valence-electron chi connectivity index (χ1n) is 10.5. The second-order valence-electron chi connectivity index (χ2n) is 10.2. The fourth-order valence-electron chi connectivity index (χ4n) is 6.75. The third kappa shape index (κ3) is 2.26. The maximum Gasteiger partial charge on any atom is -0.00414 e. The summed E-state index contributed by atoms with van der Waals surface area (Å²) in [4.78, 5) is 0. The van der Waals surface area contributed by atoms with E-state index in [4.69, 9.17) is 0 Å². The van der Waals surface area contributed by atoms with Crippen LogP contribution in [0.2, 0.25) is 0 Å². The quantitative estimate of drug-likeness (QED) is 0.533. The molecule has 3 rings (SSSR count). The molecule has 0 atom stereocenters. The molecule has 1 aromatic carbocycles. The molecular formula is C24H38N-. The van der Waals surface area contributed by atoms with Crippen LogP contribution < -0.4 is 0 Å². The monoisotopic (exact) mass is 340 g/mol. The number of hydrogen-bond donors (Lipinski definition) is 0. The predicted octanol–water partition coefficient (Wildman–Crippen LogP) is 7.85. The summed E-state index contributed by atoms with van der Waals surface area (Å²) in [5, 5.41) is 0. The molecule has 0 aromatic heterocycles. The van der Waals surface area contributed by atoms with Gasteiger partial charge in [-0.15, -0.1) is 5.69 Å². The van der Waals surface area contributed by atoms with Crippen LogP contribution >= 0.6 is 0 Å². The smallest absolute Gasteiger partial charge is 0.00414 e. The molecule has 2 aliphatic carbocycles. The van der Waals surface area contributed by atoms with Crippen molar-refractivity contribution in [3.8, 4) is 0 Å². The van der Waals surface area contributed by atoms with Gasteiger partial charge in [-0.3, -0.25) is 0 Å². The van der Waals surface area contributed by atoms with E-state index in [1.807, 2.05) is 0 Å². The molecule has 0 saturated carbocycles. The lowest BCUT2D eigenvalue weighted by molar-refractivity contribution is 0.322. The van der Waals surface area contributed by atoms with Gasteiger partial charge in [0.25, 0.3) is 0 Å². The van der Waals surface area contributed by atoms with Crippen LogP contribution in [0.15, 0.2) is 6.07 Å². The van der Waals surface area contributed by atoms with Gasteiger partial charge in [0, 0.05) is 0 Å². The Balaban J connectivity index is 2.41. The van der Waals surface area contributed by atoms with E-state index < -0.39 is 0 Å². The largest absolute Gasteiger partial charge is 0.698 e. The third-order valence-corrected chi connectivity index (χ3v) is 8.09. The summed E-state index contributed by atoms with van der Waals surface area (Å²) in [6.45, 7) is 18.9. The highest BCUT2D eigenvalue weighted by Crippen LogP contribution is 2.63. The van der Waals surface area contributed by atoms with Crippen LogP contribution in [0.3, 0.4) is 0 Å². The van der Waals surface area contributed by atoms with Gasteiger partial charge in [0.15, 0.2) is 0 Å². The Morgan fingerprint density at radius 1 is 0.720 bits per heavy atom. The van der Waals surface area contributed by atoms with Crippen LogP contribution in [0, 0.1) is 0 Å².